The van der Waals surface area contributed by atoms with Crippen LogP contribution in [-0.4, -0.2) is 20.5 Å². The Hall–Kier alpha value is -1.39. The summed E-state index contributed by atoms with van der Waals surface area (Å²) in [6.07, 6.45) is 3.40. The molecule has 4 heteroatoms. The maximum Gasteiger partial charge on any atom is 0.144 e. The van der Waals surface area contributed by atoms with Crippen LogP contribution in [0.15, 0.2) is 40.9 Å². The monoisotopic (exact) mass is 260 g/mol. The second kappa shape index (κ2) is 5.08. The Morgan fingerprint density at radius 3 is 2.67 bits per heavy atom. The third-order valence-corrected chi connectivity index (χ3v) is 3.82. The summed E-state index contributed by atoms with van der Waals surface area (Å²) in [4.78, 5) is 4.33. The molecule has 18 heavy (non-hydrogen) atoms. The van der Waals surface area contributed by atoms with Crippen LogP contribution in [0.5, 0.6) is 0 Å². The van der Waals surface area contributed by atoms with Crippen LogP contribution in [-0.2, 0) is 11.4 Å². The van der Waals surface area contributed by atoms with Crippen molar-refractivity contribution in [2.75, 3.05) is 0 Å². The fraction of sp³-hybridized carbons (Fsp3) is 0.286. The van der Waals surface area contributed by atoms with Gasteiger partial charge in [-0.1, -0.05) is 28.7 Å². The lowest BCUT2D eigenvalue weighted by Crippen LogP contribution is -2.25. The smallest absolute Gasteiger partial charge is 0.144 e. The highest BCUT2D eigenvalue weighted by Crippen LogP contribution is 2.18. The number of benzene rings is 1. The van der Waals surface area contributed by atoms with Crippen LogP contribution in [0, 0.1) is 0 Å². The average molecular weight is 260 g/mol. The summed E-state index contributed by atoms with van der Waals surface area (Å²) >= 11 is -1.24. The van der Waals surface area contributed by atoms with Gasteiger partial charge in [0.1, 0.15) is 16.1 Å². The Labute approximate surface area is 110 Å². The first-order valence-corrected chi connectivity index (χ1v) is 6.89. The van der Waals surface area contributed by atoms with Crippen molar-refractivity contribution in [2.45, 2.75) is 25.5 Å². The van der Waals surface area contributed by atoms with Gasteiger partial charge in [0.15, 0.2) is 0 Å². The van der Waals surface area contributed by atoms with Gasteiger partial charge < -0.3 is 4.55 Å². The molecule has 1 atom stereocenters. The zero-order chi connectivity index (χ0) is 13.2. The molecular formula is C14H16N2OS. The lowest BCUT2D eigenvalue weighted by Gasteiger charge is -2.17. The molecule has 2 aromatic rings. The van der Waals surface area contributed by atoms with E-state index >= 15 is 0 Å². The Balaban J connectivity index is 2.35. The summed E-state index contributed by atoms with van der Waals surface area (Å²) < 4.78 is 15.7. The predicted octanol–water partition coefficient (Wildman–Crippen LogP) is 3.12. The molecule has 0 fully saturated rings. The Morgan fingerprint density at radius 1 is 1.22 bits per heavy atom. The highest BCUT2D eigenvalue weighted by Gasteiger charge is 2.25. The molecule has 0 saturated heterocycles. The minimum atomic E-state index is -1.24. The van der Waals surface area contributed by atoms with Crippen molar-refractivity contribution in [3.63, 3.8) is 0 Å². The van der Waals surface area contributed by atoms with Crippen molar-refractivity contribution < 1.29 is 4.55 Å². The fourth-order valence-corrected chi connectivity index (χ4v) is 2.02. The molecule has 0 N–H and O–H groups in total. The zero-order valence-electron chi connectivity index (χ0n) is 10.8. The molecule has 0 unspecified atom stereocenters. The van der Waals surface area contributed by atoms with Crippen molar-refractivity contribution in [3.8, 4) is 0 Å². The summed E-state index contributed by atoms with van der Waals surface area (Å²) in [6, 6.07) is 9.78. The van der Waals surface area contributed by atoms with Crippen LogP contribution in [0.25, 0.3) is 10.9 Å². The van der Waals surface area contributed by atoms with Gasteiger partial charge in [0.25, 0.3) is 0 Å². The van der Waals surface area contributed by atoms with E-state index in [-0.39, 0.29) is 4.75 Å². The first-order chi connectivity index (χ1) is 8.48. The molecule has 0 spiro atoms. The summed E-state index contributed by atoms with van der Waals surface area (Å²) in [5, 5.41) is 1.06. The molecule has 0 aliphatic rings. The van der Waals surface area contributed by atoms with E-state index in [0.717, 1.165) is 16.5 Å². The molecular weight excluding hydrogens is 244 g/mol. The van der Waals surface area contributed by atoms with Crippen LogP contribution in [0.1, 0.15) is 26.3 Å². The fourth-order valence-electron chi connectivity index (χ4n) is 1.49. The molecule has 1 heterocycles. The van der Waals surface area contributed by atoms with Gasteiger partial charge in [0.2, 0.25) is 0 Å². The standard InChI is InChI=1S/C14H16N2OS/c1-14(2,3)18(17)16-10-12-7-4-6-11-8-5-9-15-13(11)12/h4-10H,1-3H3/t18-/m1/s1. The van der Waals surface area contributed by atoms with Crippen LogP contribution >= 0.6 is 0 Å². The Morgan fingerprint density at radius 2 is 1.94 bits per heavy atom. The molecule has 0 aliphatic heterocycles. The van der Waals surface area contributed by atoms with Gasteiger partial charge in [-0.3, -0.25) is 4.98 Å². The van der Waals surface area contributed by atoms with Crippen molar-refractivity contribution in [3.05, 3.63) is 42.1 Å². The molecule has 94 valence electrons. The second-order valence-electron chi connectivity index (χ2n) is 5.02. The maximum absolute atomic E-state index is 11.9. The summed E-state index contributed by atoms with van der Waals surface area (Å²) in [5.74, 6) is 0. The van der Waals surface area contributed by atoms with E-state index in [1.807, 2.05) is 51.1 Å². The number of rotatable bonds is 2. The number of hydrogen-bond donors (Lipinski definition) is 0. The van der Waals surface area contributed by atoms with E-state index < -0.39 is 11.4 Å². The third kappa shape index (κ3) is 2.89. The van der Waals surface area contributed by atoms with Crippen LogP contribution in [0.4, 0.5) is 0 Å². The largest absolute Gasteiger partial charge is 0.591 e. The molecule has 0 radical (unpaired) electrons. The van der Waals surface area contributed by atoms with Crippen LogP contribution in [0.2, 0.25) is 0 Å². The highest BCUT2D eigenvalue weighted by atomic mass is 32.2. The number of fused-ring (bicyclic) bond motifs is 1. The van der Waals surface area contributed by atoms with Crippen molar-refractivity contribution in [2.24, 2.45) is 4.40 Å². The molecule has 2 rings (SSSR count). The van der Waals surface area contributed by atoms with Gasteiger partial charge >= 0.3 is 0 Å². The summed E-state index contributed by atoms with van der Waals surface area (Å²) in [5.41, 5.74) is 1.78. The minimum absolute atomic E-state index is 0.339. The van der Waals surface area contributed by atoms with E-state index in [9.17, 15) is 4.55 Å². The zero-order valence-corrected chi connectivity index (χ0v) is 11.6. The van der Waals surface area contributed by atoms with Gasteiger partial charge in [-0.2, -0.15) is 0 Å². The van der Waals surface area contributed by atoms with Crippen molar-refractivity contribution >= 4 is 28.5 Å². The topological polar surface area (TPSA) is 48.3 Å². The number of para-hydroxylation sites is 1. The predicted molar refractivity (Wildman–Crippen MR) is 77.2 cm³/mol. The maximum atomic E-state index is 11.9. The summed E-state index contributed by atoms with van der Waals surface area (Å²) in [6.45, 7) is 5.71. The SMILES string of the molecule is CC(C)(C)[S@@+]([O-])N=Cc1cccc2cccnc12. The lowest BCUT2D eigenvalue weighted by molar-refractivity contribution is 0.562. The van der Waals surface area contributed by atoms with Gasteiger partial charge in [-0.15, -0.1) is 0 Å². The first kappa shape index (κ1) is 13.1. The van der Waals surface area contributed by atoms with E-state index in [2.05, 4.69) is 9.38 Å². The third-order valence-electron chi connectivity index (χ3n) is 2.48. The molecule has 0 amide bonds. The lowest BCUT2D eigenvalue weighted by atomic mass is 10.1. The van der Waals surface area contributed by atoms with Crippen molar-refractivity contribution in [1.29, 1.82) is 0 Å². The first-order valence-electron chi connectivity index (χ1n) is 5.78. The van der Waals surface area contributed by atoms with E-state index in [1.165, 1.54) is 0 Å². The second-order valence-corrected chi connectivity index (χ2v) is 6.95. The summed E-state index contributed by atoms with van der Waals surface area (Å²) in [7, 11) is 0. The molecule has 1 aromatic heterocycles. The molecule has 0 saturated carbocycles. The van der Waals surface area contributed by atoms with Crippen molar-refractivity contribution in [1.82, 2.24) is 4.98 Å². The van der Waals surface area contributed by atoms with Gasteiger partial charge in [0.05, 0.1) is 11.7 Å². The van der Waals surface area contributed by atoms with E-state index in [4.69, 9.17) is 0 Å². The van der Waals surface area contributed by atoms with E-state index in [1.54, 1.807) is 12.4 Å². The van der Waals surface area contributed by atoms with Gasteiger partial charge in [-0.05, 0) is 26.8 Å². The van der Waals surface area contributed by atoms with E-state index in [0.29, 0.717) is 0 Å². The number of pyridine rings is 1. The minimum Gasteiger partial charge on any atom is -0.591 e. The van der Waals surface area contributed by atoms with Gasteiger partial charge in [-0.25, -0.2) is 0 Å². The number of aromatic nitrogens is 1. The highest BCUT2D eigenvalue weighted by molar-refractivity contribution is 7.91. The molecule has 0 bridgehead atoms. The number of nitrogens with zero attached hydrogens (tertiary/aromatic N) is 2. The molecule has 0 aliphatic carbocycles. The van der Waals surface area contributed by atoms with Crippen LogP contribution in [0.3, 0.4) is 0 Å². The van der Waals surface area contributed by atoms with Gasteiger partial charge in [0, 0.05) is 17.1 Å². The average Bonchev–Trinajstić information content (AvgIpc) is 2.34. The van der Waals surface area contributed by atoms with Crippen LogP contribution < -0.4 is 0 Å². The quantitative estimate of drug-likeness (QED) is 0.615. The molecule has 3 nitrogen and oxygen atoms in total. The normalized spacial score (nSPS) is 14.2. The Bertz CT molecular complexity index is 570. The Kier molecular flexibility index (Phi) is 3.68. The number of hydrogen-bond acceptors (Lipinski definition) is 3. The molecule has 1 aromatic carbocycles.